The molecule has 6 heteroatoms. The Morgan fingerprint density at radius 2 is 1.50 bits per heavy atom. The van der Waals surface area contributed by atoms with E-state index in [4.69, 9.17) is 0 Å². The van der Waals surface area contributed by atoms with Crippen LogP contribution >= 0.6 is 15.9 Å². The van der Waals surface area contributed by atoms with Gasteiger partial charge in [-0.25, -0.2) is 24.4 Å². The fraction of sp³-hybridized carbons (Fsp3) is 0. The molecule has 0 aliphatic heterocycles. The summed E-state index contributed by atoms with van der Waals surface area (Å²) >= 11 is 3.40. The van der Waals surface area contributed by atoms with Gasteiger partial charge in [-0.15, -0.1) is 0 Å². The summed E-state index contributed by atoms with van der Waals surface area (Å²) in [4.78, 5) is 23.0. The highest BCUT2D eigenvalue weighted by atomic mass is 79.9. The molecule has 0 atom stereocenters. The van der Waals surface area contributed by atoms with Crippen molar-refractivity contribution in [1.82, 2.24) is 14.8 Å². The van der Waals surface area contributed by atoms with Gasteiger partial charge in [0, 0.05) is 4.47 Å². The minimum absolute atomic E-state index is 0.475. The number of halogens is 1. The Hall–Kier alpha value is -2.08. The van der Waals surface area contributed by atoms with Crippen molar-refractivity contribution in [1.29, 1.82) is 0 Å². The molecule has 0 radical (unpaired) electrons. The standard InChI is InChI=1S/C12H8BrN3O2/c13-9-3-1-8-6-10(4-2-7(8)5-9)16-11(17)14-15-12(16)18/h1-6H,(H,14,17)(H,15,18). The molecule has 3 rings (SSSR count). The molecule has 18 heavy (non-hydrogen) atoms. The number of aromatic nitrogens is 3. The Balaban J connectivity index is 2.29. The van der Waals surface area contributed by atoms with Crippen LogP contribution < -0.4 is 11.4 Å². The van der Waals surface area contributed by atoms with E-state index in [0.29, 0.717) is 5.69 Å². The maximum absolute atomic E-state index is 11.5. The minimum atomic E-state index is -0.475. The molecule has 1 heterocycles. The van der Waals surface area contributed by atoms with Gasteiger partial charge in [0.1, 0.15) is 0 Å². The smallest absolute Gasteiger partial charge is 0.247 e. The lowest BCUT2D eigenvalue weighted by atomic mass is 10.1. The predicted molar refractivity (Wildman–Crippen MR) is 72.2 cm³/mol. The summed E-state index contributed by atoms with van der Waals surface area (Å²) in [5.74, 6) is 0. The molecule has 1 aromatic heterocycles. The molecule has 0 unspecified atom stereocenters. The lowest BCUT2D eigenvalue weighted by Gasteiger charge is -2.03. The van der Waals surface area contributed by atoms with Crippen molar-refractivity contribution in [2.45, 2.75) is 0 Å². The van der Waals surface area contributed by atoms with E-state index in [9.17, 15) is 9.59 Å². The van der Waals surface area contributed by atoms with Crippen LogP contribution in [0.15, 0.2) is 50.5 Å². The van der Waals surface area contributed by atoms with E-state index in [0.717, 1.165) is 19.8 Å². The Labute approximate surface area is 109 Å². The van der Waals surface area contributed by atoms with Gasteiger partial charge in [-0.05, 0) is 35.0 Å². The van der Waals surface area contributed by atoms with E-state index in [1.807, 2.05) is 24.3 Å². The molecule has 0 fully saturated rings. The third-order valence-corrected chi connectivity index (χ3v) is 3.22. The van der Waals surface area contributed by atoms with Crippen molar-refractivity contribution >= 4 is 26.7 Å². The zero-order chi connectivity index (χ0) is 12.7. The first-order valence-corrected chi connectivity index (χ1v) is 6.04. The van der Waals surface area contributed by atoms with Crippen molar-refractivity contribution in [2.75, 3.05) is 0 Å². The zero-order valence-electron chi connectivity index (χ0n) is 9.11. The van der Waals surface area contributed by atoms with E-state index < -0.39 is 11.4 Å². The summed E-state index contributed by atoms with van der Waals surface area (Å²) in [5, 5.41) is 6.51. The first-order valence-electron chi connectivity index (χ1n) is 5.24. The second-order valence-corrected chi connectivity index (χ2v) is 4.79. The van der Waals surface area contributed by atoms with Crippen LogP contribution in [-0.4, -0.2) is 14.8 Å². The van der Waals surface area contributed by atoms with E-state index >= 15 is 0 Å². The van der Waals surface area contributed by atoms with Crippen LogP contribution in [-0.2, 0) is 0 Å². The molecular weight excluding hydrogens is 298 g/mol. The van der Waals surface area contributed by atoms with Crippen molar-refractivity contribution in [2.24, 2.45) is 0 Å². The number of rotatable bonds is 1. The Morgan fingerprint density at radius 3 is 2.22 bits per heavy atom. The van der Waals surface area contributed by atoms with Gasteiger partial charge >= 0.3 is 11.4 Å². The average molecular weight is 306 g/mol. The molecule has 0 bridgehead atoms. The first-order chi connectivity index (χ1) is 8.65. The predicted octanol–water partition coefficient (Wildman–Crippen LogP) is 1.77. The van der Waals surface area contributed by atoms with Crippen LogP contribution in [0.25, 0.3) is 16.5 Å². The molecule has 2 aromatic carbocycles. The highest BCUT2D eigenvalue weighted by Crippen LogP contribution is 2.21. The number of aromatic amines is 2. The summed E-state index contributed by atoms with van der Waals surface area (Å²) in [6, 6.07) is 11.2. The first kappa shape index (κ1) is 11.0. The SMILES string of the molecule is O=c1[nH][nH]c(=O)n1-c1ccc2cc(Br)ccc2c1. The Kier molecular flexibility index (Phi) is 2.45. The number of nitrogens with one attached hydrogen (secondary N) is 2. The van der Waals surface area contributed by atoms with Gasteiger partial charge in [-0.2, -0.15) is 0 Å². The maximum atomic E-state index is 11.5. The molecule has 90 valence electrons. The second kappa shape index (κ2) is 3.99. The van der Waals surface area contributed by atoms with E-state index in [1.165, 1.54) is 0 Å². The van der Waals surface area contributed by atoms with Crippen molar-refractivity contribution < 1.29 is 0 Å². The highest BCUT2D eigenvalue weighted by Gasteiger charge is 2.06. The molecule has 0 saturated carbocycles. The summed E-state index contributed by atoms with van der Waals surface area (Å²) in [7, 11) is 0. The normalized spacial score (nSPS) is 10.9. The van der Waals surface area contributed by atoms with Gasteiger partial charge in [0.25, 0.3) is 0 Å². The third kappa shape index (κ3) is 1.70. The largest absolute Gasteiger partial charge is 0.348 e. The van der Waals surface area contributed by atoms with Crippen LogP contribution in [0.1, 0.15) is 0 Å². The fourth-order valence-corrected chi connectivity index (χ4v) is 2.27. The summed E-state index contributed by atoms with van der Waals surface area (Å²) in [5.41, 5.74) is -0.412. The van der Waals surface area contributed by atoms with E-state index in [2.05, 4.69) is 26.1 Å². The van der Waals surface area contributed by atoms with Crippen molar-refractivity contribution in [3.8, 4) is 5.69 Å². The lowest BCUT2D eigenvalue weighted by molar-refractivity contribution is 0.954. The van der Waals surface area contributed by atoms with Gasteiger partial charge < -0.3 is 0 Å². The van der Waals surface area contributed by atoms with Crippen LogP contribution in [0.5, 0.6) is 0 Å². The van der Waals surface area contributed by atoms with Gasteiger partial charge in [-0.3, -0.25) is 0 Å². The molecule has 5 nitrogen and oxygen atoms in total. The molecule has 0 spiro atoms. The van der Waals surface area contributed by atoms with Crippen LogP contribution in [0.4, 0.5) is 0 Å². The van der Waals surface area contributed by atoms with E-state index in [1.54, 1.807) is 12.1 Å². The fourth-order valence-electron chi connectivity index (χ4n) is 1.89. The van der Waals surface area contributed by atoms with Gasteiger partial charge in [-0.1, -0.05) is 28.1 Å². The number of hydrogen-bond donors (Lipinski definition) is 2. The Morgan fingerprint density at radius 1 is 0.889 bits per heavy atom. The lowest BCUT2D eigenvalue weighted by Crippen LogP contribution is -2.24. The summed E-state index contributed by atoms with van der Waals surface area (Å²) < 4.78 is 2.04. The summed E-state index contributed by atoms with van der Waals surface area (Å²) in [6.45, 7) is 0. The monoisotopic (exact) mass is 305 g/mol. The molecule has 2 N–H and O–H groups in total. The molecule has 0 aliphatic rings. The second-order valence-electron chi connectivity index (χ2n) is 3.87. The molecule has 3 aromatic rings. The Bertz CT molecular complexity index is 817. The minimum Gasteiger partial charge on any atom is -0.247 e. The van der Waals surface area contributed by atoms with Crippen molar-refractivity contribution in [3.63, 3.8) is 0 Å². The molecule has 0 aliphatic carbocycles. The van der Waals surface area contributed by atoms with Crippen molar-refractivity contribution in [3.05, 3.63) is 61.8 Å². The zero-order valence-corrected chi connectivity index (χ0v) is 10.7. The number of fused-ring (bicyclic) bond motifs is 1. The van der Waals surface area contributed by atoms with Gasteiger partial charge in [0.2, 0.25) is 0 Å². The molecule has 0 amide bonds. The quantitative estimate of drug-likeness (QED) is 0.719. The summed E-state index contributed by atoms with van der Waals surface area (Å²) in [6.07, 6.45) is 0. The average Bonchev–Trinajstić information content (AvgIpc) is 2.69. The number of benzene rings is 2. The van der Waals surface area contributed by atoms with Gasteiger partial charge in [0.05, 0.1) is 5.69 Å². The number of nitrogens with zero attached hydrogens (tertiary/aromatic N) is 1. The van der Waals surface area contributed by atoms with Crippen LogP contribution in [0, 0.1) is 0 Å². The van der Waals surface area contributed by atoms with Gasteiger partial charge in [0.15, 0.2) is 0 Å². The third-order valence-electron chi connectivity index (χ3n) is 2.73. The molecule has 0 saturated heterocycles. The molecular formula is C12H8BrN3O2. The van der Waals surface area contributed by atoms with Crippen LogP contribution in [0.3, 0.4) is 0 Å². The number of H-pyrrole nitrogens is 2. The highest BCUT2D eigenvalue weighted by molar-refractivity contribution is 9.10. The topological polar surface area (TPSA) is 70.7 Å². The number of hydrogen-bond acceptors (Lipinski definition) is 2. The maximum Gasteiger partial charge on any atom is 0.348 e. The van der Waals surface area contributed by atoms with E-state index in [-0.39, 0.29) is 0 Å². The van der Waals surface area contributed by atoms with Crippen LogP contribution in [0.2, 0.25) is 0 Å².